The van der Waals surface area contributed by atoms with E-state index in [0.29, 0.717) is 0 Å². The van der Waals surface area contributed by atoms with E-state index in [0.717, 1.165) is 23.6 Å². The highest BCUT2D eigenvalue weighted by Gasteiger charge is 2.51. The van der Waals surface area contributed by atoms with Crippen molar-refractivity contribution in [1.29, 1.82) is 0 Å². The summed E-state index contributed by atoms with van der Waals surface area (Å²) in [7, 11) is -2.30. The van der Waals surface area contributed by atoms with Crippen LogP contribution in [0.5, 0.6) is 0 Å². The maximum atomic E-state index is 13.5. The van der Waals surface area contributed by atoms with E-state index < -0.39 is 8.07 Å². The van der Waals surface area contributed by atoms with Crippen molar-refractivity contribution in [1.82, 2.24) is 0 Å². The Morgan fingerprint density at radius 1 is 0.759 bits per heavy atom. The number of allylic oxidation sites excluding steroid dienone is 4. The van der Waals surface area contributed by atoms with E-state index >= 15 is 0 Å². The van der Waals surface area contributed by atoms with E-state index in [4.69, 9.17) is 0 Å². The van der Waals surface area contributed by atoms with Crippen LogP contribution in [0.4, 0.5) is 0 Å². The maximum Gasteiger partial charge on any atom is 0.170 e. The van der Waals surface area contributed by atoms with Gasteiger partial charge in [-0.1, -0.05) is 104 Å². The van der Waals surface area contributed by atoms with Crippen molar-refractivity contribution in [2.24, 2.45) is 5.92 Å². The van der Waals surface area contributed by atoms with Crippen LogP contribution in [0.25, 0.3) is 5.57 Å². The van der Waals surface area contributed by atoms with Crippen LogP contribution in [0.15, 0.2) is 108 Å². The van der Waals surface area contributed by atoms with Crippen molar-refractivity contribution in [2.75, 3.05) is 0 Å². The highest BCUT2D eigenvalue weighted by Crippen LogP contribution is 2.47. The third-order valence-corrected chi connectivity index (χ3v) is 11.6. The quantitative estimate of drug-likeness (QED) is 0.586. The molecular formula is C27H24OSi. The summed E-state index contributed by atoms with van der Waals surface area (Å²) in [5.41, 5.74) is 3.30. The molecule has 0 radical (unpaired) electrons. The highest BCUT2D eigenvalue weighted by molar-refractivity contribution is 7.09. The molecule has 0 aromatic heterocycles. The molecular weight excluding hydrogens is 368 g/mol. The topological polar surface area (TPSA) is 17.1 Å². The summed E-state index contributed by atoms with van der Waals surface area (Å²) >= 11 is 0. The van der Waals surface area contributed by atoms with Crippen molar-refractivity contribution in [3.8, 4) is 0 Å². The molecule has 2 aliphatic rings. The second-order valence-electron chi connectivity index (χ2n) is 8.04. The standard InChI is InChI=1S/C27H24OSi/c1-20-24-18-11-19-29(22-14-7-3-8-15-22,23-16-9-4-10-17-23)27(24)25(26(20)28)21-12-5-2-6-13-21/h2-10,12-18,20H,11,19H2,1H3. The Bertz CT molecular complexity index is 1070. The van der Waals surface area contributed by atoms with Crippen LogP contribution in [-0.4, -0.2) is 13.9 Å². The number of hydrogen-bond acceptors (Lipinski definition) is 1. The number of rotatable bonds is 3. The lowest BCUT2D eigenvalue weighted by molar-refractivity contribution is -0.115. The number of ketones is 1. The van der Waals surface area contributed by atoms with E-state index in [-0.39, 0.29) is 11.7 Å². The smallest absolute Gasteiger partial charge is 0.170 e. The lowest BCUT2D eigenvalue weighted by atomic mass is 9.99. The minimum atomic E-state index is -2.30. The first-order chi connectivity index (χ1) is 14.2. The lowest BCUT2D eigenvalue weighted by Gasteiger charge is -2.39. The van der Waals surface area contributed by atoms with E-state index in [9.17, 15) is 4.79 Å². The molecule has 1 heterocycles. The number of carbonyl (C=O) groups excluding carboxylic acids is 1. The molecule has 1 atom stereocenters. The van der Waals surface area contributed by atoms with Crippen molar-refractivity contribution in [3.63, 3.8) is 0 Å². The van der Waals surface area contributed by atoms with Gasteiger partial charge in [0.2, 0.25) is 0 Å². The van der Waals surface area contributed by atoms with Gasteiger partial charge in [0.15, 0.2) is 5.78 Å². The van der Waals surface area contributed by atoms with E-state index in [1.165, 1.54) is 21.1 Å². The molecule has 0 spiro atoms. The molecule has 1 aliphatic carbocycles. The van der Waals surface area contributed by atoms with Gasteiger partial charge in [0.05, 0.1) is 0 Å². The monoisotopic (exact) mass is 392 g/mol. The third-order valence-electron chi connectivity index (χ3n) is 6.55. The number of fused-ring (bicyclic) bond motifs is 1. The summed E-state index contributed by atoms with van der Waals surface area (Å²) in [4.78, 5) is 13.5. The maximum absolute atomic E-state index is 13.5. The number of Topliss-reactive ketones (excluding diaryl/α,β-unsaturated/α-hetero) is 1. The first kappa shape index (κ1) is 18.1. The summed E-state index contributed by atoms with van der Waals surface area (Å²) in [5, 5.41) is 4.16. The molecule has 0 saturated heterocycles. The van der Waals surface area contributed by atoms with Crippen LogP contribution in [0, 0.1) is 5.92 Å². The molecule has 29 heavy (non-hydrogen) atoms. The molecule has 2 heteroatoms. The van der Waals surface area contributed by atoms with E-state index in [1.54, 1.807) is 0 Å². The fraction of sp³-hybridized carbons (Fsp3) is 0.148. The molecule has 0 N–H and O–H groups in total. The average Bonchev–Trinajstić information content (AvgIpc) is 3.06. The second-order valence-corrected chi connectivity index (χ2v) is 12.0. The Morgan fingerprint density at radius 3 is 1.83 bits per heavy atom. The van der Waals surface area contributed by atoms with Gasteiger partial charge in [-0.3, -0.25) is 4.79 Å². The molecule has 5 rings (SSSR count). The molecule has 0 fully saturated rings. The molecule has 0 amide bonds. The number of benzene rings is 3. The molecule has 0 saturated carbocycles. The molecule has 1 aliphatic heterocycles. The predicted octanol–water partition coefficient (Wildman–Crippen LogP) is 4.79. The lowest BCUT2D eigenvalue weighted by Crippen LogP contribution is -2.61. The van der Waals surface area contributed by atoms with Crippen molar-refractivity contribution >= 4 is 29.8 Å². The molecule has 3 aromatic carbocycles. The van der Waals surface area contributed by atoms with Crippen LogP contribution < -0.4 is 10.4 Å². The van der Waals surface area contributed by atoms with Gasteiger partial charge in [-0.05, 0) is 39.2 Å². The molecule has 3 aromatic rings. The molecule has 1 unspecified atom stereocenters. The van der Waals surface area contributed by atoms with Crippen LogP contribution in [-0.2, 0) is 4.79 Å². The van der Waals surface area contributed by atoms with Gasteiger partial charge in [-0.15, -0.1) is 0 Å². The van der Waals surface area contributed by atoms with Gasteiger partial charge in [-0.2, -0.15) is 0 Å². The first-order valence-electron chi connectivity index (χ1n) is 10.4. The largest absolute Gasteiger partial charge is 0.293 e. The fourth-order valence-corrected chi connectivity index (χ4v) is 10.6. The summed E-state index contributed by atoms with van der Waals surface area (Å²) in [6.07, 6.45) is 3.37. The van der Waals surface area contributed by atoms with Gasteiger partial charge in [0.25, 0.3) is 0 Å². The van der Waals surface area contributed by atoms with Crippen molar-refractivity contribution in [3.05, 3.63) is 113 Å². The van der Waals surface area contributed by atoms with Gasteiger partial charge in [0.1, 0.15) is 8.07 Å². The van der Waals surface area contributed by atoms with Crippen LogP contribution in [0.2, 0.25) is 6.04 Å². The van der Waals surface area contributed by atoms with E-state index in [1.807, 2.05) is 18.2 Å². The van der Waals surface area contributed by atoms with Crippen molar-refractivity contribution in [2.45, 2.75) is 19.4 Å². The van der Waals surface area contributed by atoms with Gasteiger partial charge < -0.3 is 0 Å². The predicted molar refractivity (Wildman–Crippen MR) is 123 cm³/mol. The second kappa shape index (κ2) is 7.13. The Morgan fingerprint density at radius 2 is 1.28 bits per heavy atom. The highest BCUT2D eigenvalue weighted by atomic mass is 28.3. The zero-order valence-corrected chi connectivity index (χ0v) is 17.6. The van der Waals surface area contributed by atoms with E-state index in [2.05, 4.69) is 85.8 Å². The van der Waals surface area contributed by atoms with Crippen molar-refractivity contribution < 1.29 is 4.79 Å². The summed E-state index contributed by atoms with van der Waals surface area (Å²) in [5.74, 6) is 0.225. The Labute approximate surface area is 173 Å². The number of hydrogen-bond donors (Lipinski definition) is 0. The Balaban J connectivity index is 1.90. The average molecular weight is 393 g/mol. The van der Waals surface area contributed by atoms with Gasteiger partial charge in [-0.25, -0.2) is 0 Å². The van der Waals surface area contributed by atoms with Crippen LogP contribution >= 0.6 is 0 Å². The summed E-state index contributed by atoms with van der Waals surface area (Å²) < 4.78 is 0. The molecule has 142 valence electrons. The third kappa shape index (κ3) is 2.71. The minimum absolute atomic E-state index is 0.0557. The van der Waals surface area contributed by atoms with Crippen LogP contribution in [0.3, 0.4) is 0 Å². The normalized spacial score (nSPS) is 20.4. The zero-order valence-electron chi connectivity index (χ0n) is 16.6. The summed E-state index contributed by atoms with van der Waals surface area (Å²) in [6.45, 7) is 2.09. The molecule has 1 nitrogen and oxygen atoms in total. The van der Waals surface area contributed by atoms with Gasteiger partial charge in [0, 0.05) is 11.5 Å². The zero-order chi connectivity index (χ0) is 19.8. The number of carbonyl (C=O) groups is 1. The Hall–Kier alpha value is -2.97. The fourth-order valence-electron chi connectivity index (χ4n) is 5.23. The van der Waals surface area contributed by atoms with Gasteiger partial charge >= 0.3 is 0 Å². The molecule has 0 bridgehead atoms. The first-order valence-corrected chi connectivity index (χ1v) is 12.6. The summed E-state index contributed by atoms with van der Waals surface area (Å²) in [6, 6.07) is 33.3. The van der Waals surface area contributed by atoms with Crippen LogP contribution in [0.1, 0.15) is 18.9 Å². The minimum Gasteiger partial charge on any atom is -0.293 e. The SMILES string of the molecule is CC1C(=O)C(c2ccccc2)=C2C1=CCC[Si]2(c1ccccc1)c1ccccc1. The Kier molecular flexibility index (Phi) is 4.44.